The van der Waals surface area contributed by atoms with Gasteiger partial charge in [0.25, 0.3) is 5.56 Å². The zero-order valence-electron chi connectivity index (χ0n) is 18.8. The molecule has 0 atom stereocenters. The maximum Gasteiger partial charge on any atom is 0.256 e. The molecule has 0 bridgehead atoms. The van der Waals surface area contributed by atoms with Crippen LogP contribution >= 0.6 is 11.8 Å². The van der Waals surface area contributed by atoms with Gasteiger partial charge in [-0.05, 0) is 42.2 Å². The summed E-state index contributed by atoms with van der Waals surface area (Å²) in [6.45, 7) is 5.94. The van der Waals surface area contributed by atoms with Gasteiger partial charge in [-0.1, -0.05) is 49.0 Å². The second-order valence-electron chi connectivity index (χ2n) is 8.18. The number of halogens is 1. The van der Waals surface area contributed by atoms with Crippen molar-refractivity contribution >= 4 is 23.4 Å². The Hall–Kier alpha value is -2.97. The number of amides is 1. The van der Waals surface area contributed by atoms with Crippen LogP contribution in [0.5, 0.6) is 0 Å². The zero-order valence-corrected chi connectivity index (χ0v) is 19.6. The Bertz CT molecular complexity index is 1210. The molecule has 2 N–H and O–H groups in total. The van der Waals surface area contributed by atoms with Gasteiger partial charge in [-0.25, -0.2) is 9.37 Å². The zero-order chi connectivity index (χ0) is 23.4. The predicted octanol–water partition coefficient (Wildman–Crippen LogP) is 4.07. The molecular formula is C25H27FN4O2S. The second-order valence-corrected chi connectivity index (χ2v) is 9.15. The van der Waals surface area contributed by atoms with Crippen LogP contribution in [0.1, 0.15) is 34.9 Å². The number of thioether (sulfide) groups is 1. The van der Waals surface area contributed by atoms with Crippen molar-refractivity contribution < 1.29 is 9.18 Å². The van der Waals surface area contributed by atoms with Crippen LogP contribution in [-0.4, -0.2) is 33.1 Å². The lowest BCUT2D eigenvalue weighted by Gasteiger charge is -2.27. The highest BCUT2D eigenvalue weighted by molar-refractivity contribution is 7.99. The molecular weight excluding hydrogens is 439 g/mol. The molecule has 6 nitrogen and oxygen atoms in total. The average Bonchev–Trinajstić information content (AvgIpc) is 2.81. The van der Waals surface area contributed by atoms with Gasteiger partial charge in [0.1, 0.15) is 5.82 Å². The van der Waals surface area contributed by atoms with Crippen molar-refractivity contribution in [3.63, 3.8) is 0 Å². The summed E-state index contributed by atoms with van der Waals surface area (Å²) < 4.78 is 13.1. The summed E-state index contributed by atoms with van der Waals surface area (Å²) in [5.74, 6) is -0.225. The monoisotopic (exact) mass is 466 g/mol. The minimum absolute atomic E-state index is 0.130. The number of benzene rings is 2. The van der Waals surface area contributed by atoms with E-state index in [-0.39, 0.29) is 23.0 Å². The average molecular weight is 467 g/mol. The van der Waals surface area contributed by atoms with Gasteiger partial charge in [-0.15, -0.1) is 0 Å². The first-order valence-electron chi connectivity index (χ1n) is 11.0. The molecule has 0 aliphatic carbocycles. The molecule has 2 aromatic carbocycles. The van der Waals surface area contributed by atoms with Crippen molar-refractivity contribution in [1.29, 1.82) is 0 Å². The number of fused-ring (bicyclic) bond motifs is 1. The van der Waals surface area contributed by atoms with Crippen LogP contribution < -0.4 is 10.9 Å². The van der Waals surface area contributed by atoms with Crippen LogP contribution in [0, 0.1) is 12.7 Å². The number of para-hydroxylation sites is 1. The van der Waals surface area contributed by atoms with Gasteiger partial charge in [-0.3, -0.25) is 14.5 Å². The molecule has 172 valence electrons. The summed E-state index contributed by atoms with van der Waals surface area (Å²) >= 11 is 1.23. The van der Waals surface area contributed by atoms with Crippen molar-refractivity contribution in [1.82, 2.24) is 14.9 Å². The highest BCUT2D eigenvalue weighted by Gasteiger charge is 2.22. The van der Waals surface area contributed by atoms with E-state index in [1.54, 1.807) is 12.1 Å². The molecule has 1 aromatic heterocycles. The smallest absolute Gasteiger partial charge is 0.256 e. The standard InChI is InChI=1S/C25H27FN4O2S/c1-3-18-6-4-5-16(2)23(18)28-22(31)15-33-25-27-21-11-12-30(14-20(21)24(32)29-25)13-17-7-9-19(26)10-8-17/h4-10H,3,11-15H2,1-2H3,(H,28,31)(H,27,29,32). The van der Waals surface area contributed by atoms with E-state index in [0.29, 0.717) is 30.2 Å². The topological polar surface area (TPSA) is 78.1 Å². The van der Waals surface area contributed by atoms with E-state index < -0.39 is 0 Å². The maximum atomic E-state index is 13.1. The lowest BCUT2D eigenvalue weighted by atomic mass is 10.1. The predicted molar refractivity (Wildman–Crippen MR) is 129 cm³/mol. The number of carbonyl (C=O) groups is 1. The molecule has 0 radical (unpaired) electrons. The van der Waals surface area contributed by atoms with E-state index in [1.165, 1.54) is 23.9 Å². The fourth-order valence-corrected chi connectivity index (χ4v) is 4.70. The number of rotatable bonds is 7. The van der Waals surface area contributed by atoms with E-state index in [1.807, 2.05) is 25.1 Å². The van der Waals surface area contributed by atoms with Gasteiger partial charge in [-0.2, -0.15) is 0 Å². The van der Waals surface area contributed by atoms with Crippen LogP contribution in [0.2, 0.25) is 0 Å². The SMILES string of the molecule is CCc1cccc(C)c1NC(=O)CSc1nc2c(c(=O)[nH]1)CN(Cc1ccc(F)cc1)CC2. The van der Waals surface area contributed by atoms with E-state index in [4.69, 9.17) is 0 Å². The van der Waals surface area contributed by atoms with Crippen LogP contribution in [0.15, 0.2) is 52.4 Å². The molecule has 8 heteroatoms. The van der Waals surface area contributed by atoms with Crippen LogP contribution in [0.25, 0.3) is 0 Å². The second kappa shape index (κ2) is 10.3. The van der Waals surface area contributed by atoms with Gasteiger partial charge < -0.3 is 10.3 Å². The number of hydrogen-bond donors (Lipinski definition) is 2. The summed E-state index contributed by atoms with van der Waals surface area (Å²) in [6.07, 6.45) is 1.49. The third-order valence-electron chi connectivity index (χ3n) is 5.79. The Balaban J connectivity index is 1.38. The molecule has 33 heavy (non-hydrogen) atoms. The van der Waals surface area contributed by atoms with Crippen molar-refractivity contribution in [3.8, 4) is 0 Å². The number of nitrogens with one attached hydrogen (secondary N) is 2. The van der Waals surface area contributed by atoms with Gasteiger partial charge in [0.05, 0.1) is 17.0 Å². The van der Waals surface area contributed by atoms with Gasteiger partial charge in [0.2, 0.25) is 5.91 Å². The van der Waals surface area contributed by atoms with Crippen molar-refractivity contribution in [2.24, 2.45) is 0 Å². The van der Waals surface area contributed by atoms with E-state index >= 15 is 0 Å². The summed E-state index contributed by atoms with van der Waals surface area (Å²) in [4.78, 5) is 34.8. The highest BCUT2D eigenvalue weighted by atomic mass is 32.2. The maximum absolute atomic E-state index is 13.1. The van der Waals surface area contributed by atoms with Crippen LogP contribution in [0.3, 0.4) is 0 Å². The Morgan fingerprint density at radius 1 is 1.24 bits per heavy atom. The lowest BCUT2D eigenvalue weighted by Crippen LogP contribution is -2.35. The van der Waals surface area contributed by atoms with Crippen LogP contribution in [-0.2, 0) is 30.7 Å². The first-order chi connectivity index (χ1) is 15.9. The normalized spacial score (nSPS) is 13.5. The number of H-pyrrole nitrogens is 1. The van der Waals surface area contributed by atoms with Gasteiger partial charge in [0.15, 0.2) is 5.16 Å². The minimum Gasteiger partial charge on any atom is -0.325 e. The molecule has 0 spiro atoms. The van der Waals surface area contributed by atoms with E-state index in [9.17, 15) is 14.0 Å². The number of aryl methyl sites for hydroxylation is 2. The minimum atomic E-state index is -0.258. The Morgan fingerprint density at radius 3 is 2.79 bits per heavy atom. The molecule has 0 unspecified atom stereocenters. The summed E-state index contributed by atoms with van der Waals surface area (Å²) in [6, 6.07) is 12.4. The first kappa shape index (κ1) is 23.2. The van der Waals surface area contributed by atoms with E-state index in [0.717, 1.165) is 41.0 Å². The van der Waals surface area contributed by atoms with Gasteiger partial charge >= 0.3 is 0 Å². The Morgan fingerprint density at radius 2 is 2.03 bits per heavy atom. The van der Waals surface area contributed by atoms with E-state index in [2.05, 4.69) is 27.1 Å². The highest BCUT2D eigenvalue weighted by Crippen LogP contribution is 2.23. The number of nitrogens with zero attached hydrogens (tertiary/aromatic N) is 2. The molecule has 0 fully saturated rings. The summed E-state index contributed by atoms with van der Waals surface area (Å²) in [7, 11) is 0. The molecule has 0 saturated carbocycles. The first-order valence-corrected chi connectivity index (χ1v) is 12.0. The summed E-state index contributed by atoms with van der Waals surface area (Å²) in [5.41, 5.74) is 5.26. The Kier molecular flexibility index (Phi) is 7.25. The number of aromatic amines is 1. The molecule has 4 rings (SSSR count). The largest absolute Gasteiger partial charge is 0.325 e. The van der Waals surface area contributed by atoms with Crippen molar-refractivity contribution in [3.05, 3.63) is 86.6 Å². The Labute approximate surface area is 196 Å². The number of anilines is 1. The van der Waals surface area contributed by atoms with Crippen LogP contribution in [0.4, 0.5) is 10.1 Å². The molecule has 0 saturated heterocycles. The van der Waals surface area contributed by atoms with Gasteiger partial charge in [0, 0.05) is 31.7 Å². The fraction of sp³-hybridized carbons (Fsp3) is 0.320. The number of carbonyl (C=O) groups excluding carboxylic acids is 1. The molecule has 1 amide bonds. The fourth-order valence-electron chi connectivity index (χ4n) is 4.02. The summed E-state index contributed by atoms with van der Waals surface area (Å²) in [5, 5.41) is 3.46. The third kappa shape index (κ3) is 5.69. The number of aromatic nitrogens is 2. The number of hydrogen-bond acceptors (Lipinski definition) is 5. The quantitative estimate of drug-likeness (QED) is 0.405. The lowest BCUT2D eigenvalue weighted by molar-refractivity contribution is -0.113. The molecule has 1 aliphatic heterocycles. The third-order valence-corrected chi connectivity index (χ3v) is 6.66. The van der Waals surface area contributed by atoms with Crippen molar-refractivity contribution in [2.45, 2.75) is 44.9 Å². The molecule has 1 aliphatic rings. The molecule has 3 aromatic rings. The van der Waals surface area contributed by atoms with Crippen molar-refractivity contribution in [2.75, 3.05) is 17.6 Å². The molecule has 2 heterocycles.